The van der Waals surface area contributed by atoms with Gasteiger partial charge in [0.2, 0.25) is 0 Å². The number of phenolic OH excluding ortho intramolecular Hbond substituents is 2. The van der Waals surface area contributed by atoms with Crippen molar-refractivity contribution in [3.05, 3.63) is 63.2 Å². The third-order valence-corrected chi connectivity index (χ3v) is 3.95. The van der Waals surface area contributed by atoms with Crippen molar-refractivity contribution in [1.29, 1.82) is 0 Å². The molecule has 26 heavy (non-hydrogen) atoms. The number of hydrogen-bond donors (Lipinski definition) is 2. The highest BCUT2D eigenvalue weighted by Gasteiger charge is 2.17. The number of carbonyl (C=O) groups excluding carboxylic acids is 1. The van der Waals surface area contributed by atoms with Gasteiger partial charge >= 0.3 is 0 Å². The van der Waals surface area contributed by atoms with Crippen LogP contribution in [0.3, 0.4) is 0 Å². The molecule has 9 heteroatoms. The van der Waals surface area contributed by atoms with Crippen molar-refractivity contribution >= 4 is 45.7 Å². The number of hydrogen-bond acceptors (Lipinski definition) is 7. The largest absolute Gasteiger partial charge is 0.506 e. The lowest BCUT2D eigenvalue weighted by Gasteiger charge is -2.07. The molecular formula is C17H10ClN3O5. The Morgan fingerprint density at radius 2 is 1.85 bits per heavy atom. The summed E-state index contributed by atoms with van der Waals surface area (Å²) in [4.78, 5) is 21.4. The first-order chi connectivity index (χ1) is 12.4. The maximum absolute atomic E-state index is 11.1. The van der Waals surface area contributed by atoms with Gasteiger partial charge < -0.3 is 10.2 Å². The minimum atomic E-state index is -0.722. The number of nitrogens with zero attached hydrogens (tertiary/aromatic N) is 3. The zero-order valence-electron chi connectivity index (χ0n) is 13.0. The van der Waals surface area contributed by atoms with Crippen LogP contribution in [0.4, 0.5) is 17.1 Å². The van der Waals surface area contributed by atoms with E-state index in [1.807, 2.05) is 0 Å². The fourth-order valence-corrected chi connectivity index (χ4v) is 2.62. The van der Waals surface area contributed by atoms with Crippen LogP contribution >= 0.6 is 11.6 Å². The second-order valence-corrected chi connectivity index (χ2v) is 5.66. The fourth-order valence-electron chi connectivity index (χ4n) is 2.39. The Labute approximate surface area is 151 Å². The molecule has 0 aliphatic carbocycles. The van der Waals surface area contributed by atoms with Gasteiger partial charge in [-0.15, -0.1) is 10.2 Å². The summed E-state index contributed by atoms with van der Waals surface area (Å²) in [6.45, 7) is 0. The Balaban J connectivity index is 2.18. The van der Waals surface area contributed by atoms with E-state index in [0.717, 1.165) is 12.1 Å². The first-order valence-corrected chi connectivity index (χ1v) is 7.58. The average Bonchev–Trinajstić information content (AvgIpc) is 2.61. The Hall–Kier alpha value is -3.52. The molecule has 0 unspecified atom stereocenters. The van der Waals surface area contributed by atoms with Crippen LogP contribution in [0.1, 0.15) is 10.4 Å². The fraction of sp³-hybridized carbons (Fsp3) is 0. The number of rotatable bonds is 4. The van der Waals surface area contributed by atoms with Crippen LogP contribution in [0, 0.1) is 10.1 Å². The summed E-state index contributed by atoms with van der Waals surface area (Å²) in [6, 6.07) is 10.3. The van der Waals surface area contributed by atoms with Crippen LogP contribution in [-0.2, 0) is 0 Å². The first kappa shape index (κ1) is 17.3. The van der Waals surface area contributed by atoms with Crippen LogP contribution in [0.25, 0.3) is 10.8 Å². The molecule has 3 aromatic carbocycles. The van der Waals surface area contributed by atoms with E-state index in [1.54, 1.807) is 24.3 Å². The second-order valence-electron chi connectivity index (χ2n) is 5.25. The second kappa shape index (κ2) is 6.77. The highest BCUT2D eigenvalue weighted by molar-refractivity contribution is 6.33. The van der Waals surface area contributed by atoms with Gasteiger partial charge in [-0.3, -0.25) is 14.9 Å². The summed E-state index contributed by atoms with van der Waals surface area (Å²) in [5.41, 5.74) is -0.638. The number of aromatic hydroxyl groups is 2. The van der Waals surface area contributed by atoms with Crippen molar-refractivity contribution in [3.63, 3.8) is 0 Å². The number of nitro groups is 1. The van der Waals surface area contributed by atoms with E-state index in [9.17, 15) is 25.1 Å². The molecule has 0 radical (unpaired) electrons. The summed E-state index contributed by atoms with van der Waals surface area (Å²) in [5.74, 6) is -0.801. The molecule has 3 aromatic rings. The van der Waals surface area contributed by atoms with Gasteiger partial charge in [0.1, 0.15) is 22.1 Å². The number of fused-ring (bicyclic) bond motifs is 1. The lowest BCUT2D eigenvalue weighted by atomic mass is 10.0. The smallest absolute Gasteiger partial charge is 0.290 e. The minimum Gasteiger partial charge on any atom is -0.506 e. The number of aldehydes is 1. The van der Waals surface area contributed by atoms with E-state index < -0.39 is 16.4 Å². The van der Waals surface area contributed by atoms with Crippen molar-refractivity contribution < 1.29 is 19.9 Å². The highest BCUT2D eigenvalue weighted by Crippen LogP contribution is 2.41. The first-order valence-electron chi connectivity index (χ1n) is 7.21. The molecule has 0 aliphatic heterocycles. The Morgan fingerprint density at radius 1 is 1.12 bits per heavy atom. The predicted octanol–water partition coefficient (Wildman–Crippen LogP) is 5.04. The maximum Gasteiger partial charge on any atom is 0.290 e. The molecule has 0 heterocycles. The summed E-state index contributed by atoms with van der Waals surface area (Å²) >= 11 is 5.70. The quantitative estimate of drug-likeness (QED) is 0.287. The zero-order chi connectivity index (χ0) is 18.8. The van der Waals surface area contributed by atoms with E-state index in [0.29, 0.717) is 17.1 Å². The zero-order valence-corrected chi connectivity index (χ0v) is 13.7. The predicted molar refractivity (Wildman–Crippen MR) is 94.9 cm³/mol. The average molecular weight is 372 g/mol. The molecule has 0 aliphatic rings. The summed E-state index contributed by atoms with van der Waals surface area (Å²) in [5, 5.41) is 39.7. The van der Waals surface area contributed by atoms with E-state index in [1.165, 1.54) is 6.07 Å². The van der Waals surface area contributed by atoms with Crippen LogP contribution in [-0.4, -0.2) is 21.4 Å². The van der Waals surface area contributed by atoms with Crippen LogP contribution in [0.2, 0.25) is 5.02 Å². The molecule has 0 spiro atoms. The van der Waals surface area contributed by atoms with Crippen molar-refractivity contribution in [2.24, 2.45) is 10.2 Å². The SMILES string of the molecule is O=Cc1cc2ccccc2c(N=Nc2cc([N+](=O)[O-])c(Cl)cc2O)c1O. The minimum absolute atomic E-state index is 0.00204. The number of halogens is 1. The lowest BCUT2D eigenvalue weighted by Crippen LogP contribution is -1.88. The molecule has 0 bridgehead atoms. The van der Waals surface area contributed by atoms with Gasteiger partial charge in [-0.1, -0.05) is 35.9 Å². The molecule has 0 saturated heterocycles. The molecule has 2 N–H and O–H groups in total. The third-order valence-electron chi connectivity index (χ3n) is 3.65. The van der Waals surface area contributed by atoms with E-state index >= 15 is 0 Å². The van der Waals surface area contributed by atoms with E-state index in [-0.39, 0.29) is 27.7 Å². The normalized spacial score (nSPS) is 11.1. The van der Waals surface area contributed by atoms with Gasteiger partial charge in [0.25, 0.3) is 5.69 Å². The van der Waals surface area contributed by atoms with Gasteiger partial charge in [-0.2, -0.15) is 0 Å². The Kier molecular flexibility index (Phi) is 4.51. The number of nitro benzene ring substituents is 1. The maximum atomic E-state index is 11.1. The van der Waals surface area contributed by atoms with Crippen molar-refractivity contribution in [2.45, 2.75) is 0 Å². The Morgan fingerprint density at radius 3 is 2.54 bits per heavy atom. The van der Waals surface area contributed by atoms with Crippen LogP contribution in [0.5, 0.6) is 11.5 Å². The summed E-state index contributed by atoms with van der Waals surface area (Å²) in [7, 11) is 0. The lowest BCUT2D eigenvalue weighted by molar-refractivity contribution is -0.384. The molecule has 0 saturated carbocycles. The van der Waals surface area contributed by atoms with Crippen LogP contribution in [0.15, 0.2) is 52.7 Å². The number of phenols is 2. The summed E-state index contributed by atoms with van der Waals surface area (Å²) < 4.78 is 0. The number of carbonyl (C=O) groups is 1. The standard InChI is InChI=1S/C17H10ClN3O5/c18-12-6-15(23)13(7-14(12)21(25)26)19-20-16-11-4-2-1-3-9(11)5-10(8-22)17(16)24/h1-8,23-24H. The topological polar surface area (TPSA) is 125 Å². The molecule has 130 valence electrons. The van der Waals surface area contributed by atoms with Gasteiger partial charge in [0, 0.05) is 17.5 Å². The summed E-state index contributed by atoms with van der Waals surface area (Å²) in [6.07, 6.45) is 0.478. The molecule has 3 rings (SSSR count). The van der Waals surface area contributed by atoms with Gasteiger partial charge in [0.05, 0.1) is 10.5 Å². The molecule has 0 aromatic heterocycles. The van der Waals surface area contributed by atoms with Crippen molar-refractivity contribution in [2.75, 3.05) is 0 Å². The molecule has 8 nitrogen and oxygen atoms in total. The molecule has 0 atom stereocenters. The molecule has 0 fully saturated rings. The van der Waals surface area contributed by atoms with Crippen LogP contribution < -0.4 is 0 Å². The number of benzene rings is 3. The van der Waals surface area contributed by atoms with Gasteiger partial charge in [0.15, 0.2) is 12.0 Å². The Bertz CT molecular complexity index is 1080. The van der Waals surface area contributed by atoms with Gasteiger partial charge in [-0.25, -0.2) is 0 Å². The monoisotopic (exact) mass is 371 g/mol. The van der Waals surface area contributed by atoms with Gasteiger partial charge in [-0.05, 0) is 11.5 Å². The molecular weight excluding hydrogens is 362 g/mol. The third kappa shape index (κ3) is 3.05. The van der Waals surface area contributed by atoms with E-state index in [4.69, 9.17) is 11.6 Å². The van der Waals surface area contributed by atoms with Crippen molar-refractivity contribution in [1.82, 2.24) is 0 Å². The number of azo groups is 1. The van der Waals surface area contributed by atoms with Crippen molar-refractivity contribution in [3.8, 4) is 11.5 Å². The van der Waals surface area contributed by atoms with E-state index in [2.05, 4.69) is 10.2 Å². The highest BCUT2D eigenvalue weighted by atomic mass is 35.5. The molecule has 0 amide bonds.